The number of aromatic nitrogens is 1. The van der Waals surface area contributed by atoms with Gasteiger partial charge in [0.2, 0.25) is 0 Å². The van der Waals surface area contributed by atoms with E-state index in [2.05, 4.69) is 28.9 Å². The zero-order valence-corrected chi connectivity index (χ0v) is 19.6. The van der Waals surface area contributed by atoms with Gasteiger partial charge >= 0.3 is 0 Å². The van der Waals surface area contributed by atoms with Crippen molar-refractivity contribution in [3.63, 3.8) is 0 Å². The lowest BCUT2D eigenvalue weighted by molar-refractivity contribution is 0.290. The summed E-state index contributed by atoms with van der Waals surface area (Å²) in [6.07, 6.45) is 11.6. The van der Waals surface area contributed by atoms with E-state index in [1.54, 1.807) is 0 Å². The Morgan fingerprint density at radius 3 is 2.55 bits per heavy atom. The monoisotopic (exact) mass is 444 g/mol. The maximum atomic E-state index is 15.0. The SMILES string of the molecule is C=C/C(NC(=C1CC1)c1nc(-c2ccccc2C)c(F)cc1N)=C(\C=C/C)N1CCCCC1. The Kier molecular flexibility index (Phi) is 6.97. The second kappa shape index (κ2) is 10.1. The normalized spacial score (nSPS) is 16.6. The van der Waals surface area contributed by atoms with E-state index in [0.717, 1.165) is 54.1 Å². The van der Waals surface area contributed by atoms with Crippen LogP contribution in [0.4, 0.5) is 10.1 Å². The Hall–Kier alpha value is -3.34. The first-order chi connectivity index (χ1) is 16.0. The van der Waals surface area contributed by atoms with Crippen LogP contribution in [0.15, 0.2) is 72.1 Å². The molecule has 2 aliphatic rings. The second-order valence-corrected chi connectivity index (χ2v) is 8.73. The summed E-state index contributed by atoms with van der Waals surface area (Å²) in [5, 5.41) is 3.60. The molecular weight excluding hydrogens is 411 g/mol. The second-order valence-electron chi connectivity index (χ2n) is 8.73. The Bertz CT molecular complexity index is 1130. The molecule has 1 aliphatic heterocycles. The van der Waals surface area contributed by atoms with Gasteiger partial charge in [-0.2, -0.15) is 0 Å². The van der Waals surface area contributed by atoms with Crippen molar-refractivity contribution in [2.75, 3.05) is 18.8 Å². The number of nitrogen functional groups attached to an aromatic ring is 1. The molecule has 0 radical (unpaired) electrons. The first-order valence-electron chi connectivity index (χ1n) is 11.8. The Labute approximate surface area is 196 Å². The third-order valence-corrected chi connectivity index (χ3v) is 6.26. The molecule has 1 aromatic heterocycles. The highest BCUT2D eigenvalue weighted by atomic mass is 19.1. The molecule has 2 fully saturated rings. The fourth-order valence-corrected chi connectivity index (χ4v) is 4.37. The lowest BCUT2D eigenvalue weighted by Crippen LogP contribution is -2.31. The predicted molar refractivity (Wildman–Crippen MR) is 136 cm³/mol. The number of benzene rings is 1. The largest absolute Gasteiger partial charge is 0.397 e. The average molecular weight is 445 g/mol. The van der Waals surface area contributed by atoms with Crippen LogP contribution in [-0.2, 0) is 0 Å². The van der Waals surface area contributed by atoms with Crippen molar-refractivity contribution in [1.29, 1.82) is 0 Å². The Balaban J connectivity index is 1.79. The first-order valence-corrected chi connectivity index (χ1v) is 11.8. The van der Waals surface area contributed by atoms with Crippen molar-refractivity contribution in [3.8, 4) is 11.3 Å². The number of piperidine rings is 1. The topological polar surface area (TPSA) is 54.2 Å². The number of anilines is 1. The van der Waals surface area contributed by atoms with Crippen molar-refractivity contribution < 1.29 is 4.39 Å². The van der Waals surface area contributed by atoms with E-state index >= 15 is 0 Å². The third-order valence-electron chi connectivity index (χ3n) is 6.26. The molecule has 2 aromatic rings. The van der Waals surface area contributed by atoms with Gasteiger partial charge in [-0.05, 0) is 69.2 Å². The summed E-state index contributed by atoms with van der Waals surface area (Å²) >= 11 is 0. The van der Waals surface area contributed by atoms with E-state index in [0.29, 0.717) is 17.1 Å². The van der Waals surface area contributed by atoms with Crippen molar-refractivity contribution >= 4 is 11.4 Å². The number of aryl methyl sites for hydroxylation is 1. The molecule has 4 nitrogen and oxygen atoms in total. The van der Waals surface area contributed by atoms with Crippen LogP contribution in [0.2, 0.25) is 0 Å². The van der Waals surface area contributed by atoms with Crippen LogP contribution in [0.5, 0.6) is 0 Å². The van der Waals surface area contributed by atoms with Crippen LogP contribution in [0, 0.1) is 12.7 Å². The van der Waals surface area contributed by atoms with Gasteiger partial charge in [0.1, 0.15) is 11.4 Å². The summed E-state index contributed by atoms with van der Waals surface area (Å²) in [6.45, 7) is 10.1. The van der Waals surface area contributed by atoms with Crippen molar-refractivity contribution in [2.45, 2.75) is 46.0 Å². The zero-order chi connectivity index (χ0) is 23.4. The molecule has 0 unspecified atom stereocenters. The molecule has 4 rings (SSSR count). The molecule has 33 heavy (non-hydrogen) atoms. The molecule has 1 aliphatic carbocycles. The highest BCUT2D eigenvalue weighted by molar-refractivity contribution is 5.79. The fraction of sp³-hybridized carbons (Fsp3) is 0.321. The van der Waals surface area contributed by atoms with E-state index < -0.39 is 5.82 Å². The van der Waals surface area contributed by atoms with Gasteiger partial charge in [0.15, 0.2) is 5.82 Å². The molecule has 3 N–H and O–H groups in total. The smallest absolute Gasteiger partial charge is 0.151 e. The molecule has 0 spiro atoms. The number of hydrogen-bond acceptors (Lipinski definition) is 4. The molecule has 1 aromatic carbocycles. The number of pyridine rings is 1. The van der Waals surface area contributed by atoms with Crippen LogP contribution in [0.1, 0.15) is 50.3 Å². The minimum absolute atomic E-state index is 0.326. The first kappa shape index (κ1) is 22.8. The van der Waals surface area contributed by atoms with E-state index in [1.807, 2.05) is 44.2 Å². The highest BCUT2D eigenvalue weighted by Crippen LogP contribution is 2.38. The number of halogens is 1. The zero-order valence-electron chi connectivity index (χ0n) is 19.6. The summed E-state index contributed by atoms with van der Waals surface area (Å²) in [4.78, 5) is 7.17. The minimum Gasteiger partial charge on any atom is -0.397 e. The van der Waals surface area contributed by atoms with Crippen molar-refractivity contribution in [3.05, 3.63) is 89.2 Å². The summed E-state index contributed by atoms with van der Waals surface area (Å²) in [7, 11) is 0. The average Bonchev–Trinajstić information content (AvgIpc) is 3.66. The van der Waals surface area contributed by atoms with Crippen LogP contribution in [-0.4, -0.2) is 23.0 Å². The summed E-state index contributed by atoms with van der Waals surface area (Å²) in [5.41, 5.74) is 13.5. The van der Waals surface area contributed by atoms with Gasteiger partial charge in [0, 0.05) is 24.7 Å². The van der Waals surface area contributed by atoms with Gasteiger partial charge in [-0.1, -0.05) is 36.9 Å². The molecule has 0 bridgehead atoms. The molecule has 2 heterocycles. The van der Waals surface area contributed by atoms with Gasteiger partial charge < -0.3 is 16.0 Å². The Morgan fingerprint density at radius 1 is 1.18 bits per heavy atom. The van der Waals surface area contributed by atoms with Gasteiger partial charge in [0.25, 0.3) is 0 Å². The number of allylic oxidation sites excluding steroid dienone is 4. The fourth-order valence-electron chi connectivity index (χ4n) is 4.37. The lowest BCUT2D eigenvalue weighted by atomic mass is 10.0. The van der Waals surface area contributed by atoms with E-state index in [4.69, 9.17) is 10.7 Å². The predicted octanol–water partition coefficient (Wildman–Crippen LogP) is 6.33. The van der Waals surface area contributed by atoms with Gasteiger partial charge in [-0.15, -0.1) is 0 Å². The Morgan fingerprint density at radius 2 is 1.91 bits per heavy atom. The molecule has 1 saturated heterocycles. The molecule has 0 atom stereocenters. The summed E-state index contributed by atoms with van der Waals surface area (Å²) < 4.78 is 15.0. The standard InChI is InChI=1S/C28H33FN4/c1-4-11-25(33-16-9-6-10-17-33)24(5-2)31-26(20-14-15-20)28-23(30)18-22(29)27(32-28)21-13-8-7-12-19(21)3/h4-5,7-8,11-13,18,31H,2,6,9-10,14-17,30H2,1,3H3/b11-4-,25-24-. The molecule has 1 saturated carbocycles. The van der Waals surface area contributed by atoms with Crippen LogP contribution in [0.3, 0.4) is 0 Å². The van der Waals surface area contributed by atoms with Gasteiger partial charge in [0.05, 0.1) is 22.8 Å². The number of nitrogens with two attached hydrogens (primary N) is 1. The van der Waals surface area contributed by atoms with Crippen LogP contribution >= 0.6 is 0 Å². The minimum atomic E-state index is -0.409. The number of nitrogens with one attached hydrogen (secondary N) is 1. The van der Waals surface area contributed by atoms with Crippen LogP contribution < -0.4 is 11.1 Å². The summed E-state index contributed by atoms with van der Waals surface area (Å²) in [6, 6.07) is 9.10. The number of hydrogen-bond donors (Lipinski definition) is 2. The number of likely N-dealkylation sites (tertiary alicyclic amines) is 1. The van der Waals surface area contributed by atoms with E-state index in [1.165, 1.54) is 30.9 Å². The molecular formula is C28H33FN4. The summed E-state index contributed by atoms with van der Waals surface area (Å²) in [5.74, 6) is -0.409. The van der Waals surface area contributed by atoms with Crippen LogP contribution in [0.25, 0.3) is 17.0 Å². The number of rotatable bonds is 7. The van der Waals surface area contributed by atoms with Gasteiger partial charge in [-0.3, -0.25) is 0 Å². The quantitative estimate of drug-likeness (QED) is 0.490. The van der Waals surface area contributed by atoms with Crippen molar-refractivity contribution in [2.24, 2.45) is 0 Å². The molecule has 5 heteroatoms. The molecule has 0 amide bonds. The maximum Gasteiger partial charge on any atom is 0.151 e. The third kappa shape index (κ3) is 5.03. The molecule has 172 valence electrons. The van der Waals surface area contributed by atoms with E-state index in [9.17, 15) is 4.39 Å². The lowest BCUT2D eigenvalue weighted by Gasteiger charge is -2.31. The van der Waals surface area contributed by atoms with E-state index in [-0.39, 0.29) is 0 Å². The maximum absolute atomic E-state index is 15.0. The van der Waals surface area contributed by atoms with Crippen molar-refractivity contribution in [1.82, 2.24) is 15.2 Å². The van der Waals surface area contributed by atoms with Gasteiger partial charge in [-0.25, -0.2) is 9.37 Å². The number of nitrogens with zero attached hydrogens (tertiary/aromatic N) is 2. The highest BCUT2D eigenvalue weighted by Gasteiger charge is 2.25.